The molecule has 1 aromatic heterocycles. The number of aromatic nitrogens is 1. The molecule has 15 heteroatoms. The van der Waals surface area contributed by atoms with Gasteiger partial charge in [0, 0.05) is 31.2 Å². The van der Waals surface area contributed by atoms with Crippen molar-refractivity contribution in [3.8, 4) is 6.19 Å². The topological polar surface area (TPSA) is 173 Å². The Hall–Kier alpha value is -4.58. The van der Waals surface area contributed by atoms with E-state index in [1.807, 2.05) is 0 Å². The minimum Gasteiger partial charge on any atom is -0.447 e. The highest BCUT2D eigenvalue weighted by molar-refractivity contribution is 6.31. The van der Waals surface area contributed by atoms with Gasteiger partial charge in [-0.1, -0.05) is 23.7 Å². The smallest absolute Gasteiger partial charge is 0.412 e. The molecule has 0 aliphatic heterocycles. The fourth-order valence-electron chi connectivity index (χ4n) is 3.86. The van der Waals surface area contributed by atoms with Gasteiger partial charge >= 0.3 is 6.09 Å². The molecule has 3 aromatic rings. The monoisotopic (exact) mass is 616 g/mol. The van der Waals surface area contributed by atoms with Gasteiger partial charge in [0.1, 0.15) is 24.1 Å². The number of hydrogen-bond acceptors (Lipinski definition) is 8. The molecule has 3 rings (SSSR count). The van der Waals surface area contributed by atoms with E-state index in [2.05, 4.69) is 36.6 Å². The predicted octanol–water partition coefficient (Wildman–Crippen LogP) is 2.78. The molecule has 0 aliphatic rings. The highest BCUT2D eigenvalue weighted by atomic mass is 35.5. The molecule has 0 saturated heterocycles. The number of fused-ring (bicyclic) bond motifs is 1. The van der Waals surface area contributed by atoms with Crippen LogP contribution in [0.2, 0.25) is 5.02 Å². The zero-order valence-corrected chi connectivity index (χ0v) is 23.8. The fraction of sp³-hybridized carbons (Fsp3) is 0.321. The molecule has 0 bridgehead atoms. The number of pyridine rings is 1. The van der Waals surface area contributed by atoms with Crippen molar-refractivity contribution < 1.29 is 28.2 Å². The molecule has 0 radical (unpaired) electrons. The molecule has 1 heterocycles. The van der Waals surface area contributed by atoms with Crippen molar-refractivity contribution in [1.82, 2.24) is 26.3 Å². The van der Waals surface area contributed by atoms with Crippen molar-refractivity contribution in [2.24, 2.45) is 4.99 Å². The first kappa shape index (κ1) is 32.9. The summed E-state index contributed by atoms with van der Waals surface area (Å²) in [6, 6.07) is 9.48. The molecule has 0 fully saturated rings. The van der Waals surface area contributed by atoms with Crippen LogP contribution in [-0.4, -0.2) is 66.9 Å². The van der Waals surface area contributed by atoms with Gasteiger partial charge in [-0.2, -0.15) is 5.26 Å². The molecule has 12 nitrogen and oxygen atoms in total. The van der Waals surface area contributed by atoms with Gasteiger partial charge in [0.15, 0.2) is 6.19 Å². The number of rotatable bonds is 14. The van der Waals surface area contributed by atoms with Crippen molar-refractivity contribution in [3.63, 3.8) is 0 Å². The highest BCUT2D eigenvalue weighted by Gasteiger charge is 2.16. The number of carbonyl (C=O) groups is 2. The van der Waals surface area contributed by atoms with Crippen LogP contribution < -0.4 is 26.6 Å². The number of nitrogens with one attached hydrogen (secondary N) is 5. The number of hydrogen-bond donors (Lipinski definition) is 6. The molecular weight excluding hydrogens is 586 g/mol. The number of halogens is 3. The predicted molar refractivity (Wildman–Crippen MR) is 157 cm³/mol. The van der Waals surface area contributed by atoms with Crippen LogP contribution in [0.3, 0.4) is 0 Å². The molecular formula is C28H31ClF2N8O4. The zero-order valence-electron chi connectivity index (χ0n) is 23.0. The number of aliphatic imine (C=N–C) groups is 1. The minimum absolute atomic E-state index is 0.0296. The van der Waals surface area contributed by atoms with Crippen LogP contribution >= 0.6 is 11.6 Å². The lowest BCUT2D eigenvalue weighted by Crippen LogP contribution is -2.43. The lowest BCUT2D eigenvalue weighted by Gasteiger charge is -2.19. The Balaban J connectivity index is 1.56. The summed E-state index contributed by atoms with van der Waals surface area (Å²) in [5, 5.41) is 32.3. The minimum atomic E-state index is -0.826. The number of nitrogens with zero attached hydrogens (tertiary/aromatic N) is 3. The Morgan fingerprint density at radius 3 is 2.81 bits per heavy atom. The highest BCUT2D eigenvalue weighted by Crippen LogP contribution is 2.19. The Morgan fingerprint density at radius 2 is 2.02 bits per heavy atom. The second-order valence-corrected chi connectivity index (χ2v) is 9.50. The van der Waals surface area contributed by atoms with Gasteiger partial charge in [0.05, 0.1) is 24.2 Å². The number of ether oxygens (including phenoxy) is 1. The summed E-state index contributed by atoms with van der Waals surface area (Å²) in [5.74, 6) is -1.04. The first-order valence-electron chi connectivity index (χ1n) is 13.3. The summed E-state index contributed by atoms with van der Waals surface area (Å²) in [6.07, 6.45) is 3.21. The third-order valence-corrected chi connectivity index (χ3v) is 6.31. The molecule has 6 N–H and O–H groups in total. The van der Waals surface area contributed by atoms with E-state index in [4.69, 9.17) is 26.7 Å². The SMILES string of the molecule is N#CNC(=NCCC[C@@H](COC(=O)Nc1cc2cc(F)ccc2cn1)NC(=O)CNCc1cccc(F)c1Cl)NCCO. The van der Waals surface area contributed by atoms with Crippen molar-refractivity contribution in [3.05, 3.63) is 70.9 Å². The number of aliphatic hydroxyl groups is 1. The first-order valence-corrected chi connectivity index (χ1v) is 13.6. The second-order valence-electron chi connectivity index (χ2n) is 9.13. The van der Waals surface area contributed by atoms with Gasteiger partial charge in [0.25, 0.3) is 0 Å². The number of anilines is 1. The molecule has 228 valence electrons. The van der Waals surface area contributed by atoms with Crippen molar-refractivity contribution in [1.29, 1.82) is 5.26 Å². The lowest BCUT2D eigenvalue weighted by molar-refractivity contribution is -0.121. The van der Waals surface area contributed by atoms with Gasteiger partial charge < -0.3 is 25.8 Å². The molecule has 2 aromatic carbocycles. The zero-order chi connectivity index (χ0) is 31.0. The maximum Gasteiger partial charge on any atom is 0.412 e. The summed E-state index contributed by atoms with van der Waals surface area (Å²) in [5.41, 5.74) is 0.491. The number of benzene rings is 2. The number of aliphatic hydroxyl groups excluding tert-OH is 1. The normalized spacial score (nSPS) is 11.8. The lowest BCUT2D eigenvalue weighted by atomic mass is 10.1. The van der Waals surface area contributed by atoms with Crippen LogP contribution in [-0.2, 0) is 16.1 Å². The van der Waals surface area contributed by atoms with Crippen LogP contribution in [0.25, 0.3) is 10.8 Å². The summed E-state index contributed by atoms with van der Waals surface area (Å²) in [7, 11) is 0. The molecule has 2 amide bonds. The molecule has 43 heavy (non-hydrogen) atoms. The van der Waals surface area contributed by atoms with E-state index in [-0.39, 0.29) is 56.2 Å². The largest absolute Gasteiger partial charge is 0.447 e. The Labute approximate surface area is 251 Å². The third kappa shape index (κ3) is 11.3. The number of guanidine groups is 1. The van der Waals surface area contributed by atoms with Gasteiger partial charge in [0.2, 0.25) is 11.9 Å². The average Bonchev–Trinajstić information content (AvgIpc) is 2.98. The van der Waals surface area contributed by atoms with E-state index in [1.165, 1.54) is 36.5 Å². The Morgan fingerprint density at radius 1 is 1.19 bits per heavy atom. The van der Waals surface area contributed by atoms with E-state index < -0.39 is 29.7 Å². The van der Waals surface area contributed by atoms with Crippen molar-refractivity contribution in [2.45, 2.75) is 25.4 Å². The molecule has 0 aliphatic carbocycles. The maximum absolute atomic E-state index is 13.7. The summed E-state index contributed by atoms with van der Waals surface area (Å²) in [4.78, 5) is 33.5. The van der Waals surface area contributed by atoms with Crippen molar-refractivity contribution in [2.75, 3.05) is 38.2 Å². The maximum atomic E-state index is 13.7. The molecule has 0 spiro atoms. The summed E-state index contributed by atoms with van der Waals surface area (Å²) in [6.45, 7) is 0.155. The standard InChI is InChI=1S/C28H31ClF2N8O4/c29-26-19(3-1-5-23(26)31)13-33-15-25(41)38-22(4-2-8-34-27(37-17-32)35-9-10-40)16-43-28(42)39-24-12-20-11-21(30)7-6-18(20)14-36-24/h1,3,5-7,11-12,14,22,33,40H,2,4,8-10,13,15-16H2,(H,38,41)(H2,34,35,37)(H,36,39,42)/t22-/m0/s1. The number of carbonyl (C=O) groups excluding carboxylic acids is 2. The second kappa shape index (κ2) is 17.4. The van der Waals surface area contributed by atoms with Crippen LogP contribution in [0.1, 0.15) is 18.4 Å². The van der Waals surface area contributed by atoms with Crippen molar-refractivity contribution >= 4 is 46.2 Å². The van der Waals surface area contributed by atoms with E-state index in [0.717, 1.165) is 0 Å². The molecule has 0 saturated carbocycles. The molecule has 1 atom stereocenters. The Bertz CT molecular complexity index is 1470. The third-order valence-electron chi connectivity index (χ3n) is 5.89. The van der Waals surface area contributed by atoms with E-state index in [9.17, 15) is 18.4 Å². The first-order chi connectivity index (χ1) is 20.8. The van der Waals surface area contributed by atoms with E-state index >= 15 is 0 Å². The summed E-state index contributed by atoms with van der Waals surface area (Å²) >= 11 is 5.96. The number of amides is 2. The fourth-order valence-corrected chi connectivity index (χ4v) is 4.06. The van der Waals surface area contributed by atoms with Crippen LogP contribution in [0, 0.1) is 23.1 Å². The molecule has 0 unspecified atom stereocenters. The van der Waals surface area contributed by atoms with E-state index in [1.54, 1.807) is 18.3 Å². The average molecular weight is 617 g/mol. The van der Waals surface area contributed by atoms with Crippen LogP contribution in [0.5, 0.6) is 0 Å². The summed E-state index contributed by atoms with van der Waals surface area (Å²) < 4.78 is 32.6. The van der Waals surface area contributed by atoms with Gasteiger partial charge in [-0.3, -0.25) is 20.4 Å². The Kier molecular flexibility index (Phi) is 13.3. The van der Waals surface area contributed by atoms with Crippen LogP contribution in [0.4, 0.5) is 19.4 Å². The van der Waals surface area contributed by atoms with Crippen LogP contribution in [0.15, 0.2) is 53.7 Å². The van der Waals surface area contributed by atoms with Gasteiger partial charge in [-0.25, -0.2) is 18.6 Å². The van der Waals surface area contributed by atoms with Gasteiger partial charge in [-0.15, -0.1) is 0 Å². The van der Waals surface area contributed by atoms with E-state index in [0.29, 0.717) is 29.2 Å². The quantitative estimate of drug-likeness (QED) is 0.0523. The number of nitriles is 1. The van der Waals surface area contributed by atoms with Gasteiger partial charge in [-0.05, 0) is 54.1 Å².